The van der Waals surface area contributed by atoms with Crippen molar-refractivity contribution in [2.45, 2.75) is 56.6 Å². The second-order valence-electron chi connectivity index (χ2n) is 6.80. The van der Waals surface area contributed by atoms with E-state index >= 15 is 0 Å². The number of aliphatic carboxylic acids is 1. The number of hydrogen-bond acceptors (Lipinski definition) is 3. The lowest BCUT2D eigenvalue weighted by Crippen LogP contribution is -2.60. The molecule has 0 aliphatic heterocycles. The number of carbonyl (C=O) groups excluding carboxylic acids is 1. The summed E-state index contributed by atoms with van der Waals surface area (Å²) in [5.74, 6) is 0.542. The molecular weight excluding hydrogens is 246 g/mol. The first-order valence-corrected chi connectivity index (χ1v) is 7.18. The van der Waals surface area contributed by atoms with Crippen molar-refractivity contribution in [3.63, 3.8) is 0 Å². The van der Waals surface area contributed by atoms with Gasteiger partial charge in [0.25, 0.3) is 0 Å². The molecule has 19 heavy (non-hydrogen) atoms. The summed E-state index contributed by atoms with van der Waals surface area (Å²) in [5, 5.41) is 20.9. The number of hydrogen-bond donors (Lipinski definition) is 3. The van der Waals surface area contributed by atoms with Crippen molar-refractivity contribution in [2.75, 3.05) is 0 Å². The SMILES string of the molecule is O=C(CC(O)C(=O)O)NC12CC3CC(CC(C3)C1)C2. The number of rotatable bonds is 4. The van der Waals surface area contributed by atoms with Crippen LogP contribution in [-0.4, -0.2) is 33.7 Å². The Morgan fingerprint density at radius 2 is 1.58 bits per heavy atom. The molecule has 1 amide bonds. The third-order valence-corrected chi connectivity index (χ3v) is 5.11. The zero-order chi connectivity index (χ0) is 13.6. The molecule has 4 aliphatic rings. The molecule has 4 saturated carbocycles. The Hall–Kier alpha value is -1.10. The molecule has 106 valence electrons. The molecule has 3 N–H and O–H groups in total. The molecule has 1 atom stereocenters. The maximum Gasteiger partial charge on any atom is 0.333 e. The van der Waals surface area contributed by atoms with Gasteiger partial charge in [-0.05, 0) is 56.3 Å². The van der Waals surface area contributed by atoms with Crippen molar-refractivity contribution in [3.05, 3.63) is 0 Å². The Kier molecular flexibility index (Phi) is 3.04. The maximum atomic E-state index is 11.9. The van der Waals surface area contributed by atoms with Gasteiger partial charge in [0, 0.05) is 5.54 Å². The largest absolute Gasteiger partial charge is 0.479 e. The number of carboxylic acids is 1. The molecule has 4 aliphatic carbocycles. The first kappa shape index (κ1) is 12.9. The standard InChI is InChI=1S/C14H21NO4/c16-11(13(18)19)4-12(17)15-14-5-8-1-9(6-14)3-10(2-8)7-14/h8-11,16H,1-7H2,(H,15,17)(H,18,19). The number of aliphatic hydroxyl groups excluding tert-OH is 1. The van der Waals surface area contributed by atoms with Crippen molar-refractivity contribution in [1.82, 2.24) is 5.32 Å². The Balaban J connectivity index is 1.63. The van der Waals surface area contributed by atoms with Gasteiger partial charge < -0.3 is 15.5 Å². The van der Waals surface area contributed by atoms with E-state index in [1.807, 2.05) is 0 Å². The summed E-state index contributed by atoms with van der Waals surface area (Å²) in [5.41, 5.74) is -0.107. The van der Waals surface area contributed by atoms with E-state index in [0.29, 0.717) is 0 Å². The summed E-state index contributed by atoms with van der Waals surface area (Å²) in [7, 11) is 0. The molecule has 0 aromatic carbocycles. The van der Waals surface area contributed by atoms with Crippen LogP contribution in [0.15, 0.2) is 0 Å². The van der Waals surface area contributed by atoms with Gasteiger partial charge in [-0.15, -0.1) is 0 Å². The third-order valence-electron chi connectivity index (χ3n) is 5.11. The van der Waals surface area contributed by atoms with E-state index in [1.54, 1.807) is 0 Å². The Morgan fingerprint density at radius 3 is 2.00 bits per heavy atom. The zero-order valence-electron chi connectivity index (χ0n) is 11.0. The molecule has 5 heteroatoms. The molecule has 0 heterocycles. The van der Waals surface area contributed by atoms with Crippen LogP contribution < -0.4 is 5.32 Å². The minimum atomic E-state index is -1.59. The molecular formula is C14H21NO4. The van der Waals surface area contributed by atoms with Crippen molar-refractivity contribution >= 4 is 11.9 Å². The fourth-order valence-electron chi connectivity index (χ4n) is 4.87. The summed E-state index contributed by atoms with van der Waals surface area (Å²) >= 11 is 0. The van der Waals surface area contributed by atoms with Crippen LogP contribution in [0.4, 0.5) is 0 Å². The number of carbonyl (C=O) groups is 2. The lowest BCUT2D eigenvalue weighted by molar-refractivity contribution is -0.150. The van der Waals surface area contributed by atoms with Crippen molar-refractivity contribution < 1.29 is 19.8 Å². The minimum absolute atomic E-state index is 0.107. The van der Waals surface area contributed by atoms with Gasteiger partial charge >= 0.3 is 5.97 Å². The molecule has 4 bridgehead atoms. The second kappa shape index (κ2) is 4.47. The summed E-state index contributed by atoms with van der Waals surface area (Å²) in [6.45, 7) is 0. The zero-order valence-corrected chi connectivity index (χ0v) is 11.0. The third kappa shape index (κ3) is 2.48. The molecule has 0 aromatic heterocycles. The van der Waals surface area contributed by atoms with Gasteiger partial charge in [-0.3, -0.25) is 4.79 Å². The highest BCUT2D eigenvalue weighted by Crippen LogP contribution is 2.55. The van der Waals surface area contributed by atoms with Crippen LogP contribution in [0, 0.1) is 17.8 Å². The van der Waals surface area contributed by atoms with Crippen LogP contribution in [0.1, 0.15) is 44.9 Å². The lowest BCUT2D eigenvalue weighted by atomic mass is 9.53. The first-order valence-electron chi connectivity index (χ1n) is 7.18. The second-order valence-corrected chi connectivity index (χ2v) is 6.80. The van der Waals surface area contributed by atoms with E-state index in [4.69, 9.17) is 5.11 Å². The van der Waals surface area contributed by atoms with Crippen LogP contribution in [-0.2, 0) is 9.59 Å². The van der Waals surface area contributed by atoms with Gasteiger partial charge in [0.1, 0.15) is 0 Å². The first-order chi connectivity index (χ1) is 8.96. The van der Waals surface area contributed by atoms with E-state index in [2.05, 4.69) is 5.32 Å². The minimum Gasteiger partial charge on any atom is -0.479 e. The van der Waals surface area contributed by atoms with Gasteiger partial charge in [-0.1, -0.05) is 0 Å². The molecule has 4 rings (SSSR count). The Labute approximate surface area is 112 Å². The smallest absolute Gasteiger partial charge is 0.333 e. The fourth-order valence-corrected chi connectivity index (χ4v) is 4.87. The summed E-state index contributed by atoms with van der Waals surface area (Å²) < 4.78 is 0. The van der Waals surface area contributed by atoms with Crippen LogP contribution in [0.3, 0.4) is 0 Å². The number of carboxylic acid groups (broad SMARTS) is 1. The van der Waals surface area contributed by atoms with Gasteiger partial charge in [-0.25, -0.2) is 4.79 Å². The van der Waals surface area contributed by atoms with Gasteiger partial charge in [0.2, 0.25) is 5.91 Å². The van der Waals surface area contributed by atoms with E-state index < -0.39 is 12.1 Å². The molecule has 0 saturated heterocycles. The Bertz CT molecular complexity index is 371. The quantitative estimate of drug-likeness (QED) is 0.706. The summed E-state index contributed by atoms with van der Waals surface area (Å²) in [6.07, 6.45) is 5.08. The normalized spacial score (nSPS) is 41.0. The number of aliphatic hydroxyl groups is 1. The molecule has 4 fully saturated rings. The molecule has 0 spiro atoms. The predicted octanol–water partition coefficient (Wildman–Crippen LogP) is 0.907. The monoisotopic (exact) mass is 267 g/mol. The van der Waals surface area contributed by atoms with Crippen molar-refractivity contribution in [2.24, 2.45) is 17.8 Å². The van der Waals surface area contributed by atoms with Gasteiger partial charge in [0.05, 0.1) is 6.42 Å². The van der Waals surface area contributed by atoms with Crippen LogP contribution >= 0.6 is 0 Å². The highest BCUT2D eigenvalue weighted by atomic mass is 16.4. The molecule has 5 nitrogen and oxygen atoms in total. The predicted molar refractivity (Wildman–Crippen MR) is 67.3 cm³/mol. The maximum absolute atomic E-state index is 11.9. The molecule has 0 radical (unpaired) electrons. The van der Waals surface area contributed by atoms with E-state index in [9.17, 15) is 14.7 Å². The Morgan fingerprint density at radius 1 is 1.11 bits per heavy atom. The van der Waals surface area contributed by atoms with E-state index in [1.165, 1.54) is 19.3 Å². The lowest BCUT2D eigenvalue weighted by Gasteiger charge is -2.56. The summed E-state index contributed by atoms with van der Waals surface area (Å²) in [4.78, 5) is 22.5. The van der Waals surface area contributed by atoms with Crippen molar-refractivity contribution in [1.29, 1.82) is 0 Å². The fraction of sp³-hybridized carbons (Fsp3) is 0.857. The average Bonchev–Trinajstić information content (AvgIpc) is 2.25. The number of amides is 1. The van der Waals surface area contributed by atoms with Gasteiger partial charge in [0.15, 0.2) is 6.10 Å². The van der Waals surface area contributed by atoms with Gasteiger partial charge in [-0.2, -0.15) is 0 Å². The number of nitrogens with one attached hydrogen (secondary N) is 1. The molecule has 1 unspecified atom stereocenters. The van der Waals surface area contributed by atoms with Crippen LogP contribution in [0.25, 0.3) is 0 Å². The van der Waals surface area contributed by atoms with Crippen LogP contribution in [0.5, 0.6) is 0 Å². The topological polar surface area (TPSA) is 86.6 Å². The highest BCUT2D eigenvalue weighted by Gasteiger charge is 2.51. The highest BCUT2D eigenvalue weighted by molar-refractivity contribution is 5.83. The van der Waals surface area contributed by atoms with E-state index in [0.717, 1.165) is 37.0 Å². The molecule has 0 aromatic rings. The van der Waals surface area contributed by atoms with Crippen molar-refractivity contribution in [3.8, 4) is 0 Å². The average molecular weight is 267 g/mol. The van der Waals surface area contributed by atoms with E-state index in [-0.39, 0.29) is 17.9 Å². The van der Waals surface area contributed by atoms with Crippen LogP contribution in [0.2, 0.25) is 0 Å². The summed E-state index contributed by atoms with van der Waals surface area (Å²) in [6, 6.07) is 0.